The van der Waals surface area contributed by atoms with Crippen molar-refractivity contribution in [2.24, 2.45) is 0 Å². The van der Waals surface area contributed by atoms with Crippen LogP contribution in [0.5, 0.6) is 0 Å². The first kappa shape index (κ1) is 20.8. The minimum absolute atomic E-state index is 0.205. The van der Waals surface area contributed by atoms with Crippen LogP contribution in [-0.2, 0) is 9.84 Å². The summed E-state index contributed by atoms with van der Waals surface area (Å²) in [5.41, 5.74) is 3.06. The molecule has 3 rings (SSSR count). The minimum atomic E-state index is -3.32. The summed E-state index contributed by atoms with van der Waals surface area (Å²) in [5.74, 6) is 0.232. The molecule has 0 aliphatic carbocycles. The highest BCUT2D eigenvalue weighted by Gasteiger charge is 2.16. The monoisotopic (exact) mass is 424 g/mol. The van der Waals surface area contributed by atoms with Crippen LogP contribution in [-0.4, -0.2) is 25.4 Å². The Morgan fingerprint density at radius 3 is 2.31 bits per heavy atom. The molecule has 4 nitrogen and oxygen atoms in total. The lowest BCUT2D eigenvalue weighted by Gasteiger charge is -2.13. The fraction of sp³-hybridized carbons (Fsp3) is 0.0909. The number of thioether (sulfide) groups is 1. The predicted octanol–water partition coefficient (Wildman–Crippen LogP) is 5.11. The van der Waals surface area contributed by atoms with E-state index in [2.05, 4.69) is 17.6 Å². The smallest absolute Gasteiger partial charge is 0.175 e. The van der Waals surface area contributed by atoms with Gasteiger partial charge in [-0.3, -0.25) is 0 Å². The van der Waals surface area contributed by atoms with Crippen molar-refractivity contribution in [3.63, 3.8) is 0 Å². The molecule has 1 heterocycles. The number of pyridine rings is 1. The maximum atomic E-state index is 13.4. The van der Waals surface area contributed by atoms with Crippen LogP contribution in [0.1, 0.15) is 5.56 Å². The van der Waals surface area contributed by atoms with Crippen LogP contribution in [0.2, 0.25) is 0 Å². The van der Waals surface area contributed by atoms with Crippen LogP contribution in [0, 0.1) is 17.1 Å². The maximum Gasteiger partial charge on any atom is 0.175 e. The van der Waals surface area contributed by atoms with Crippen LogP contribution < -0.4 is 0 Å². The van der Waals surface area contributed by atoms with E-state index in [4.69, 9.17) is 0 Å². The first-order valence-electron chi connectivity index (χ1n) is 8.58. The first-order valence-corrected chi connectivity index (χ1v) is 11.5. The Hall–Kier alpha value is -2.95. The molecular formula is C22H17FN2O2S2. The molecule has 1 aromatic heterocycles. The highest BCUT2D eigenvalue weighted by molar-refractivity contribution is 7.99. The average molecular weight is 425 g/mol. The van der Waals surface area contributed by atoms with Crippen LogP contribution in [0.4, 0.5) is 4.39 Å². The van der Waals surface area contributed by atoms with E-state index in [0.29, 0.717) is 38.7 Å². The average Bonchev–Trinajstić information content (AvgIpc) is 2.71. The van der Waals surface area contributed by atoms with Gasteiger partial charge in [-0.15, -0.1) is 18.3 Å². The van der Waals surface area contributed by atoms with E-state index in [0.717, 1.165) is 6.26 Å². The van der Waals surface area contributed by atoms with Crippen molar-refractivity contribution in [3.05, 3.63) is 78.6 Å². The number of nitriles is 1. The minimum Gasteiger partial charge on any atom is -0.239 e. The fourth-order valence-corrected chi connectivity index (χ4v) is 4.08. The summed E-state index contributed by atoms with van der Waals surface area (Å²) in [7, 11) is -3.32. The summed E-state index contributed by atoms with van der Waals surface area (Å²) in [6, 6.07) is 16.2. The summed E-state index contributed by atoms with van der Waals surface area (Å²) in [6.45, 7) is 3.69. The summed E-state index contributed by atoms with van der Waals surface area (Å²) >= 11 is 1.39. The summed E-state index contributed by atoms with van der Waals surface area (Å²) in [6.07, 6.45) is 2.87. The van der Waals surface area contributed by atoms with E-state index in [9.17, 15) is 18.1 Å². The molecule has 3 aromatic rings. The first-order chi connectivity index (χ1) is 13.8. The molecule has 0 N–H and O–H groups in total. The zero-order valence-corrected chi connectivity index (χ0v) is 17.2. The van der Waals surface area contributed by atoms with Crippen LogP contribution >= 0.6 is 11.8 Å². The molecule has 0 aliphatic heterocycles. The van der Waals surface area contributed by atoms with Crippen LogP contribution in [0.25, 0.3) is 22.4 Å². The van der Waals surface area contributed by atoms with Gasteiger partial charge in [-0.25, -0.2) is 17.8 Å². The van der Waals surface area contributed by atoms with Gasteiger partial charge in [0.15, 0.2) is 9.84 Å². The molecular weight excluding hydrogens is 407 g/mol. The number of hydrogen-bond donors (Lipinski definition) is 0. The van der Waals surface area contributed by atoms with Crippen molar-refractivity contribution in [1.82, 2.24) is 4.98 Å². The number of benzene rings is 2. The maximum absolute atomic E-state index is 13.4. The van der Waals surface area contributed by atoms with Crippen molar-refractivity contribution in [3.8, 4) is 28.5 Å². The van der Waals surface area contributed by atoms with Gasteiger partial charge < -0.3 is 0 Å². The Morgan fingerprint density at radius 1 is 1.14 bits per heavy atom. The second-order valence-electron chi connectivity index (χ2n) is 6.25. The number of nitrogens with zero attached hydrogens (tertiary/aromatic N) is 2. The quantitative estimate of drug-likeness (QED) is 0.406. The molecule has 0 radical (unpaired) electrons. The van der Waals surface area contributed by atoms with Gasteiger partial charge >= 0.3 is 0 Å². The Kier molecular flexibility index (Phi) is 6.16. The van der Waals surface area contributed by atoms with Gasteiger partial charge in [0.1, 0.15) is 16.9 Å². The van der Waals surface area contributed by atoms with E-state index in [-0.39, 0.29) is 10.7 Å². The van der Waals surface area contributed by atoms with E-state index < -0.39 is 9.84 Å². The molecule has 2 aromatic carbocycles. The van der Waals surface area contributed by atoms with Crippen molar-refractivity contribution in [1.29, 1.82) is 5.26 Å². The second kappa shape index (κ2) is 8.60. The normalized spacial score (nSPS) is 11.1. The Morgan fingerprint density at radius 2 is 1.76 bits per heavy atom. The van der Waals surface area contributed by atoms with Crippen molar-refractivity contribution in [2.75, 3.05) is 12.0 Å². The highest BCUT2D eigenvalue weighted by atomic mass is 32.2. The lowest BCUT2D eigenvalue weighted by Crippen LogP contribution is -1.98. The molecule has 0 unspecified atom stereocenters. The molecule has 0 spiro atoms. The van der Waals surface area contributed by atoms with Gasteiger partial charge in [0.05, 0.1) is 16.2 Å². The molecule has 0 amide bonds. The van der Waals surface area contributed by atoms with Crippen LogP contribution in [0.3, 0.4) is 0 Å². The Bertz CT molecular complexity index is 1200. The van der Waals surface area contributed by atoms with Crippen molar-refractivity contribution in [2.45, 2.75) is 9.92 Å². The lowest BCUT2D eigenvalue weighted by molar-refractivity contribution is 0.602. The Labute approximate surface area is 173 Å². The third-order valence-electron chi connectivity index (χ3n) is 4.16. The van der Waals surface area contributed by atoms with Gasteiger partial charge in [-0.05, 0) is 48.0 Å². The molecule has 0 bridgehead atoms. The van der Waals surface area contributed by atoms with Crippen molar-refractivity contribution >= 4 is 21.6 Å². The molecule has 7 heteroatoms. The highest BCUT2D eigenvalue weighted by Crippen LogP contribution is 2.35. The standard InChI is InChI=1S/C22H17FN2O2S2/c1-3-12-28-22-17(14-24)13-20(15-6-10-19(11-7-15)29(2,26)27)21(25-22)16-4-8-18(23)9-5-16/h3-11,13H,1,12H2,2H3. The molecule has 0 fully saturated rings. The van der Waals surface area contributed by atoms with Gasteiger partial charge in [0, 0.05) is 23.1 Å². The van der Waals surface area contributed by atoms with Gasteiger partial charge in [-0.2, -0.15) is 5.26 Å². The number of sulfone groups is 1. The van der Waals surface area contributed by atoms with E-state index in [1.165, 1.54) is 36.0 Å². The largest absolute Gasteiger partial charge is 0.239 e. The van der Waals surface area contributed by atoms with Gasteiger partial charge in [0.25, 0.3) is 0 Å². The van der Waals surface area contributed by atoms with Crippen LogP contribution in [0.15, 0.2) is 77.2 Å². The number of rotatable bonds is 6. The van der Waals surface area contributed by atoms with E-state index in [1.807, 2.05) is 0 Å². The third kappa shape index (κ3) is 4.73. The zero-order chi connectivity index (χ0) is 21.0. The zero-order valence-electron chi connectivity index (χ0n) is 15.6. The molecule has 0 saturated heterocycles. The molecule has 0 atom stereocenters. The topological polar surface area (TPSA) is 70.8 Å². The van der Waals surface area contributed by atoms with Crippen molar-refractivity contribution < 1.29 is 12.8 Å². The number of aromatic nitrogens is 1. The fourth-order valence-electron chi connectivity index (χ4n) is 2.75. The predicted molar refractivity (Wildman–Crippen MR) is 114 cm³/mol. The molecule has 29 heavy (non-hydrogen) atoms. The van der Waals surface area contributed by atoms with E-state index >= 15 is 0 Å². The molecule has 146 valence electrons. The Balaban J connectivity index is 2.22. The number of halogens is 1. The molecule has 0 aliphatic rings. The summed E-state index contributed by atoms with van der Waals surface area (Å²) < 4.78 is 36.9. The summed E-state index contributed by atoms with van der Waals surface area (Å²) in [5, 5.41) is 10.1. The lowest BCUT2D eigenvalue weighted by atomic mass is 9.98. The molecule has 0 saturated carbocycles. The number of hydrogen-bond acceptors (Lipinski definition) is 5. The second-order valence-corrected chi connectivity index (χ2v) is 9.28. The van der Waals surface area contributed by atoms with Gasteiger partial charge in [-0.1, -0.05) is 18.2 Å². The van der Waals surface area contributed by atoms with E-state index in [1.54, 1.807) is 36.4 Å². The third-order valence-corrected chi connectivity index (χ3v) is 6.27. The SMILES string of the molecule is C=CCSc1nc(-c2ccc(F)cc2)c(-c2ccc(S(C)(=O)=O)cc2)cc1C#N. The van der Waals surface area contributed by atoms with Gasteiger partial charge in [0.2, 0.25) is 0 Å². The summed E-state index contributed by atoms with van der Waals surface area (Å²) in [4.78, 5) is 4.89.